The van der Waals surface area contributed by atoms with Gasteiger partial charge in [0.25, 0.3) is 5.91 Å². The topological polar surface area (TPSA) is 67.2 Å². The summed E-state index contributed by atoms with van der Waals surface area (Å²) < 4.78 is 42.0. The molecule has 0 atom stereocenters. The van der Waals surface area contributed by atoms with Crippen molar-refractivity contribution in [2.75, 3.05) is 16.8 Å². The summed E-state index contributed by atoms with van der Waals surface area (Å²) in [5.74, 6) is -0.887. The minimum absolute atomic E-state index is 0.0306. The number of aryl methyl sites for hydroxylation is 1. The Balaban J connectivity index is 1.63. The number of halogens is 3. The molecular weight excluding hydrogens is 409 g/mol. The summed E-state index contributed by atoms with van der Waals surface area (Å²) in [6.07, 6.45) is -2.60. The molecule has 1 fully saturated rings. The number of amides is 2. The monoisotopic (exact) mass is 428 g/mol. The highest BCUT2D eigenvalue weighted by molar-refractivity contribution is 6.05. The van der Waals surface area contributed by atoms with Gasteiger partial charge in [0, 0.05) is 24.3 Å². The number of hydrogen-bond donors (Lipinski definition) is 1. The lowest BCUT2D eigenvalue weighted by Crippen LogP contribution is -2.24. The van der Waals surface area contributed by atoms with E-state index in [0.717, 1.165) is 23.9 Å². The zero-order valence-corrected chi connectivity index (χ0v) is 16.6. The van der Waals surface area contributed by atoms with Crippen molar-refractivity contribution in [3.05, 3.63) is 71.5 Å². The number of nitrogens with one attached hydrogen (secondary N) is 1. The summed E-state index contributed by atoms with van der Waals surface area (Å²) in [6.45, 7) is 2.41. The van der Waals surface area contributed by atoms with Crippen molar-refractivity contribution in [3.8, 4) is 5.69 Å². The lowest BCUT2D eigenvalue weighted by Gasteiger charge is -2.19. The number of carbonyl (C=O) groups is 2. The number of hydrogen-bond acceptors (Lipinski definition) is 3. The standard InChI is InChI=1S/C22H19F3N4O2/c1-14-12-15(9-10-18(14)28-11-5-8-19(28)30)27-21(31)17-13-26-29(20(17)22(23,24)25)16-6-3-2-4-7-16/h2-4,6-7,9-10,12-13H,5,8,11H2,1H3,(H,27,31). The molecule has 1 aliphatic rings. The van der Waals surface area contributed by atoms with Crippen LogP contribution in [0, 0.1) is 6.92 Å². The second-order valence-electron chi connectivity index (χ2n) is 7.26. The van der Waals surface area contributed by atoms with Crippen LogP contribution in [0.2, 0.25) is 0 Å². The molecule has 2 amide bonds. The maximum Gasteiger partial charge on any atom is 0.434 e. The number of anilines is 2. The molecule has 0 spiro atoms. The first-order valence-electron chi connectivity index (χ1n) is 9.68. The molecule has 3 aromatic rings. The molecule has 1 aromatic heterocycles. The van der Waals surface area contributed by atoms with E-state index in [1.807, 2.05) is 0 Å². The molecule has 4 rings (SSSR count). The second-order valence-corrected chi connectivity index (χ2v) is 7.26. The Kier molecular flexibility index (Phi) is 5.26. The van der Waals surface area contributed by atoms with Crippen molar-refractivity contribution in [2.45, 2.75) is 25.9 Å². The normalized spacial score (nSPS) is 14.2. The molecular formula is C22H19F3N4O2. The zero-order chi connectivity index (χ0) is 22.2. The number of benzene rings is 2. The fraction of sp³-hybridized carbons (Fsp3) is 0.227. The van der Waals surface area contributed by atoms with Gasteiger partial charge >= 0.3 is 6.18 Å². The van der Waals surface area contributed by atoms with Crippen LogP contribution in [-0.2, 0) is 11.0 Å². The van der Waals surface area contributed by atoms with Gasteiger partial charge in [0.05, 0.1) is 17.4 Å². The zero-order valence-electron chi connectivity index (χ0n) is 16.6. The van der Waals surface area contributed by atoms with Gasteiger partial charge in [0.15, 0.2) is 5.69 Å². The van der Waals surface area contributed by atoms with Crippen LogP contribution in [0.3, 0.4) is 0 Å². The Hall–Kier alpha value is -3.62. The van der Waals surface area contributed by atoms with Crippen molar-refractivity contribution >= 4 is 23.2 Å². The third-order valence-electron chi connectivity index (χ3n) is 5.10. The molecule has 6 nitrogen and oxygen atoms in total. The van der Waals surface area contributed by atoms with Crippen LogP contribution in [-0.4, -0.2) is 28.1 Å². The molecule has 0 saturated carbocycles. The Morgan fingerprint density at radius 2 is 1.87 bits per heavy atom. The first-order valence-corrected chi connectivity index (χ1v) is 9.68. The molecule has 2 aromatic carbocycles. The fourth-order valence-electron chi connectivity index (χ4n) is 3.69. The predicted molar refractivity (Wildman–Crippen MR) is 109 cm³/mol. The number of para-hydroxylation sites is 1. The first kappa shape index (κ1) is 20.6. The van der Waals surface area contributed by atoms with Crippen LogP contribution in [0.25, 0.3) is 5.69 Å². The van der Waals surface area contributed by atoms with Crippen LogP contribution < -0.4 is 10.2 Å². The number of alkyl halides is 3. The van der Waals surface area contributed by atoms with E-state index in [1.54, 1.807) is 48.2 Å². The number of nitrogens with zero attached hydrogens (tertiary/aromatic N) is 3. The Bertz CT molecular complexity index is 1140. The summed E-state index contributed by atoms with van der Waals surface area (Å²) >= 11 is 0. The third-order valence-corrected chi connectivity index (χ3v) is 5.10. The largest absolute Gasteiger partial charge is 0.434 e. The maximum atomic E-state index is 13.8. The summed E-state index contributed by atoms with van der Waals surface area (Å²) in [4.78, 5) is 26.3. The molecule has 1 aliphatic heterocycles. The highest BCUT2D eigenvalue weighted by atomic mass is 19.4. The van der Waals surface area contributed by atoms with Gasteiger partial charge in [-0.05, 0) is 49.2 Å². The Labute approximate surface area is 176 Å². The molecule has 31 heavy (non-hydrogen) atoms. The maximum absolute atomic E-state index is 13.8. The van der Waals surface area contributed by atoms with Gasteiger partial charge < -0.3 is 10.2 Å². The van der Waals surface area contributed by atoms with E-state index in [2.05, 4.69) is 10.4 Å². The molecule has 160 valence electrons. The van der Waals surface area contributed by atoms with Gasteiger partial charge in [-0.3, -0.25) is 9.59 Å². The molecule has 0 unspecified atom stereocenters. The average Bonchev–Trinajstić information content (AvgIpc) is 3.35. The molecule has 0 bridgehead atoms. The third kappa shape index (κ3) is 4.03. The van der Waals surface area contributed by atoms with Crippen LogP contribution in [0.1, 0.15) is 34.5 Å². The van der Waals surface area contributed by atoms with Crippen LogP contribution in [0.5, 0.6) is 0 Å². The number of rotatable bonds is 4. The molecule has 0 aliphatic carbocycles. The Morgan fingerprint density at radius 3 is 2.48 bits per heavy atom. The van der Waals surface area contributed by atoms with Crippen molar-refractivity contribution in [3.63, 3.8) is 0 Å². The lowest BCUT2D eigenvalue weighted by atomic mass is 10.1. The SMILES string of the molecule is Cc1cc(NC(=O)c2cnn(-c3ccccc3)c2C(F)(F)F)ccc1N1CCCC1=O. The van der Waals surface area contributed by atoms with Gasteiger partial charge in [-0.25, -0.2) is 4.68 Å². The summed E-state index contributed by atoms with van der Waals surface area (Å²) in [7, 11) is 0. The number of carbonyl (C=O) groups excluding carboxylic acids is 2. The van der Waals surface area contributed by atoms with E-state index in [0.29, 0.717) is 23.3 Å². The lowest BCUT2D eigenvalue weighted by molar-refractivity contribution is -0.143. The van der Waals surface area contributed by atoms with Crippen molar-refractivity contribution in [2.24, 2.45) is 0 Å². The quantitative estimate of drug-likeness (QED) is 0.662. The van der Waals surface area contributed by atoms with E-state index in [9.17, 15) is 22.8 Å². The highest BCUT2D eigenvalue weighted by Gasteiger charge is 2.40. The molecule has 1 saturated heterocycles. The van der Waals surface area contributed by atoms with Gasteiger partial charge in [-0.1, -0.05) is 18.2 Å². The number of aromatic nitrogens is 2. The van der Waals surface area contributed by atoms with Gasteiger partial charge in [-0.15, -0.1) is 0 Å². The predicted octanol–water partition coefficient (Wildman–Crippen LogP) is 4.58. The van der Waals surface area contributed by atoms with Crippen LogP contribution in [0.4, 0.5) is 24.5 Å². The van der Waals surface area contributed by atoms with Crippen LogP contribution in [0.15, 0.2) is 54.7 Å². The van der Waals surface area contributed by atoms with E-state index >= 15 is 0 Å². The molecule has 9 heteroatoms. The summed E-state index contributed by atoms with van der Waals surface area (Å²) in [5.41, 5.74) is 0.278. The van der Waals surface area contributed by atoms with E-state index < -0.39 is 23.3 Å². The van der Waals surface area contributed by atoms with E-state index in [1.165, 1.54) is 12.1 Å². The smallest absolute Gasteiger partial charge is 0.322 e. The van der Waals surface area contributed by atoms with Gasteiger partial charge in [0.1, 0.15) is 0 Å². The molecule has 2 heterocycles. The van der Waals surface area contributed by atoms with Crippen molar-refractivity contribution in [1.82, 2.24) is 9.78 Å². The van der Waals surface area contributed by atoms with Gasteiger partial charge in [-0.2, -0.15) is 18.3 Å². The van der Waals surface area contributed by atoms with Crippen LogP contribution >= 0.6 is 0 Å². The molecule has 0 radical (unpaired) electrons. The highest BCUT2D eigenvalue weighted by Crippen LogP contribution is 2.34. The summed E-state index contributed by atoms with van der Waals surface area (Å²) in [5, 5.41) is 6.31. The van der Waals surface area contributed by atoms with Gasteiger partial charge in [0.2, 0.25) is 5.91 Å². The minimum atomic E-state index is -4.78. The first-order chi connectivity index (χ1) is 14.8. The second kappa shape index (κ2) is 7.90. The minimum Gasteiger partial charge on any atom is -0.322 e. The Morgan fingerprint density at radius 1 is 1.13 bits per heavy atom. The fourth-order valence-corrected chi connectivity index (χ4v) is 3.69. The summed E-state index contributed by atoms with van der Waals surface area (Å²) in [6, 6.07) is 12.7. The molecule has 1 N–H and O–H groups in total. The van der Waals surface area contributed by atoms with E-state index in [-0.39, 0.29) is 11.6 Å². The average molecular weight is 428 g/mol. The van der Waals surface area contributed by atoms with Crippen molar-refractivity contribution < 1.29 is 22.8 Å². The van der Waals surface area contributed by atoms with E-state index in [4.69, 9.17) is 0 Å². The van der Waals surface area contributed by atoms with Crippen molar-refractivity contribution in [1.29, 1.82) is 0 Å².